The normalized spacial score (nSPS) is 36.2. The van der Waals surface area contributed by atoms with Crippen molar-refractivity contribution in [2.75, 3.05) is 32.8 Å². The smallest absolute Gasteiger partial charge is 0.0978 e. The molecule has 1 saturated heterocycles. The molecule has 0 spiro atoms. The number of β-amino-alcohol motifs (C(OH)–C–C–N with tert-alkyl or cyclic N) is 1. The van der Waals surface area contributed by atoms with E-state index in [4.69, 9.17) is 4.74 Å². The third-order valence-corrected chi connectivity index (χ3v) is 3.80. The summed E-state index contributed by atoms with van der Waals surface area (Å²) in [5.74, 6) is 0. The molecule has 88 valence electrons. The van der Waals surface area contributed by atoms with Crippen molar-refractivity contribution in [1.29, 1.82) is 0 Å². The van der Waals surface area contributed by atoms with E-state index in [-0.39, 0.29) is 0 Å². The predicted octanol–water partition coefficient (Wildman–Crippen LogP) is 1.26. The molecule has 3 heteroatoms. The van der Waals surface area contributed by atoms with Crippen molar-refractivity contribution in [3.63, 3.8) is 0 Å². The maximum Gasteiger partial charge on any atom is 0.0978 e. The molecule has 15 heavy (non-hydrogen) atoms. The molecule has 1 atom stereocenters. The van der Waals surface area contributed by atoms with Gasteiger partial charge in [-0.05, 0) is 31.6 Å². The van der Waals surface area contributed by atoms with Crippen molar-refractivity contribution in [1.82, 2.24) is 4.90 Å². The molecule has 2 rings (SSSR count). The second kappa shape index (κ2) is 4.04. The summed E-state index contributed by atoms with van der Waals surface area (Å²) < 4.78 is 5.42. The molecule has 1 N–H and O–H groups in total. The molecule has 0 aromatic rings. The molecule has 1 aliphatic carbocycles. The van der Waals surface area contributed by atoms with Crippen LogP contribution < -0.4 is 0 Å². The zero-order valence-electron chi connectivity index (χ0n) is 9.96. The first-order valence-corrected chi connectivity index (χ1v) is 6.08. The minimum absolute atomic E-state index is 0.475. The van der Waals surface area contributed by atoms with Gasteiger partial charge in [0.2, 0.25) is 0 Å². The maximum absolute atomic E-state index is 10.0. The standard InChI is InChI=1S/C12H23NO2/c1-3-12(4-5-12)9-13-6-7-15-10-11(2,14)8-13/h14H,3-10H2,1-2H3. The molecule has 2 aliphatic rings. The molecule has 1 saturated carbocycles. The third kappa shape index (κ3) is 2.92. The average Bonchev–Trinajstić information content (AvgIpc) is 2.93. The van der Waals surface area contributed by atoms with E-state index in [0.717, 1.165) is 26.2 Å². The minimum Gasteiger partial charge on any atom is -0.386 e. The first-order chi connectivity index (χ1) is 7.05. The summed E-state index contributed by atoms with van der Waals surface area (Å²) in [4.78, 5) is 2.38. The molecule has 0 aromatic heterocycles. The van der Waals surface area contributed by atoms with Gasteiger partial charge >= 0.3 is 0 Å². The van der Waals surface area contributed by atoms with Gasteiger partial charge in [-0.2, -0.15) is 0 Å². The van der Waals surface area contributed by atoms with E-state index in [1.807, 2.05) is 6.92 Å². The Morgan fingerprint density at radius 1 is 1.40 bits per heavy atom. The van der Waals surface area contributed by atoms with E-state index in [1.54, 1.807) is 0 Å². The zero-order chi connectivity index (χ0) is 10.9. The molecular formula is C12H23NO2. The van der Waals surface area contributed by atoms with Gasteiger partial charge in [0.25, 0.3) is 0 Å². The van der Waals surface area contributed by atoms with Crippen LogP contribution in [0, 0.1) is 5.41 Å². The lowest BCUT2D eigenvalue weighted by molar-refractivity contribution is -0.0233. The minimum atomic E-state index is -0.666. The number of hydrogen-bond acceptors (Lipinski definition) is 3. The summed E-state index contributed by atoms with van der Waals surface area (Å²) >= 11 is 0. The highest BCUT2D eigenvalue weighted by atomic mass is 16.5. The van der Waals surface area contributed by atoms with Crippen LogP contribution >= 0.6 is 0 Å². The van der Waals surface area contributed by atoms with E-state index in [0.29, 0.717) is 12.0 Å². The molecule has 1 heterocycles. The summed E-state index contributed by atoms with van der Waals surface area (Å²) in [7, 11) is 0. The molecule has 3 nitrogen and oxygen atoms in total. The summed E-state index contributed by atoms with van der Waals surface area (Å²) in [6, 6.07) is 0. The highest BCUT2D eigenvalue weighted by Gasteiger charge is 2.43. The van der Waals surface area contributed by atoms with E-state index in [2.05, 4.69) is 11.8 Å². The van der Waals surface area contributed by atoms with Crippen LogP contribution in [0.1, 0.15) is 33.1 Å². The number of aliphatic hydroxyl groups is 1. The van der Waals surface area contributed by atoms with Crippen LogP contribution in [0.5, 0.6) is 0 Å². The first kappa shape index (κ1) is 11.4. The van der Waals surface area contributed by atoms with Gasteiger partial charge in [-0.3, -0.25) is 4.90 Å². The molecule has 1 unspecified atom stereocenters. The molecule has 2 fully saturated rings. The third-order valence-electron chi connectivity index (χ3n) is 3.80. The second-order valence-electron chi connectivity index (χ2n) is 5.61. The lowest BCUT2D eigenvalue weighted by Crippen LogP contribution is -2.43. The lowest BCUT2D eigenvalue weighted by atomic mass is 10.0. The summed E-state index contributed by atoms with van der Waals surface area (Å²) in [5.41, 5.74) is -0.0965. The Morgan fingerprint density at radius 2 is 2.13 bits per heavy atom. The van der Waals surface area contributed by atoms with E-state index in [1.165, 1.54) is 19.3 Å². The molecule has 1 aliphatic heterocycles. The van der Waals surface area contributed by atoms with Crippen LogP contribution in [0.15, 0.2) is 0 Å². The van der Waals surface area contributed by atoms with Crippen molar-refractivity contribution in [2.45, 2.75) is 38.7 Å². The van der Waals surface area contributed by atoms with Gasteiger partial charge in [-0.25, -0.2) is 0 Å². The molecule has 0 bridgehead atoms. The van der Waals surface area contributed by atoms with Crippen LogP contribution in [-0.4, -0.2) is 48.5 Å². The van der Waals surface area contributed by atoms with Crippen molar-refractivity contribution >= 4 is 0 Å². The van der Waals surface area contributed by atoms with Crippen molar-refractivity contribution in [3.8, 4) is 0 Å². The van der Waals surface area contributed by atoms with Crippen LogP contribution in [0.4, 0.5) is 0 Å². The van der Waals surface area contributed by atoms with Gasteiger partial charge in [0, 0.05) is 19.6 Å². The van der Waals surface area contributed by atoms with Gasteiger partial charge in [0.05, 0.1) is 18.8 Å². The van der Waals surface area contributed by atoms with E-state index < -0.39 is 5.60 Å². The summed E-state index contributed by atoms with van der Waals surface area (Å²) in [6.07, 6.45) is 4.00. The van der Waals surface area contributed by atoms with Crippen LogP contribution in [0.2, 0.25) is 0 Å². The monoisotopic (exact) mass is 213 g/mol. The highest BCUT2D eigenvalue weighted by Crippen LogP contribution is 2.49. The zero-order valence-corrected chi connectivity index (χ0v) is 9.96. The van der Waals surface area contributed by atoms with Gasteiger partial charge < -0.3 is 9.84 Å². The SMILES string of the molecule is CCC1(CN2CCOCC(C)(O)C2)CC1. The van der Waals surface area contributed by atoms with Crippen LogP contribution in [0.25, 0.3) is 0 Å². The number of nitrogens with zero attached hydrogens (tertiary/aromatic N) is 1. The Balaban J connectivity index is 1.90. The van der Waals surface area contributed by atoms with Crippen LogP contribution in [-0.2, 0) is 4.74 Å². The number of ether oxygens (including phenoxy) is 1. The van der Waals surface area contributed by atoms with Gasteiger partial charge in [0.1, 0.15) is 0 Å². The van der Waals surface area contributed by atoms with Crippen LogP contribution in [0.3, 0.4) is 0 Å². The number of hydrogen-bond donors (Lipinski definition) is 1. The Bertz CT molecular complexity index is 224. The lowest BCUT2D eigenvalue weighted by Gasteiger charge is -2.30. The van der Waals surface area contributed by atoms with Gasteiger partial charge in [-0.1, -0.05) is 6.92 Å². The summed E-state index contributed by atoms with van der Waals surface area (Å²) in [5, 5.41) is 10.0. The average molecular weight is 213 g/mol. The molecule has 0 radical (unpaired) electrons. The van der Waals surface area contributed by atoms with Crippen molar-refractivity contribution in [2.24, 2.45) is 5.41 Å². The van der Waals surface area contributed by atoms with Crippen molar-refractivity contribution < 1.29 is 9.84 Å². The topological polar surface area (TPSA) is 32.7 Å². The predicted molar refractivity (Wildman–Crippen MR) is 59.8 cm³/mol. The fourth-order valence-corrected chi connectivity index (χ4v) is 2.50. The Morgan fingerprint density at radius 3 is 2.73 bits per heavy atom. The summed E-state index contributed by atoms with van der Waals surface area (Å²) in [6.45, 7) is 8.25. The van der Waals surface area contributed by atoms with Gasteiger partial charge in [0.15, 0.2) is 0 Å². The number of rotatable bonds is 3. The Hall–Kier alpha value is -0.120. The second-order valence-corrected chi connectivity index (χ2v) is 5.61. The van der Waals surface area contributed by atoms with E-state index in [9.17, 15) is 5.11 Å². The molecular weight excluding hydrogens is 190 g/mol. The first-order valence-electron chi connectivity index (χ1n) is 6.08. The Kier molecular flexibility index (Phi) is 3.06. The quantitative estimate of drug-likeness (QED) is 0.766. The molecule has 0 aromatic carbocycles. The maximum atomic E-state index is 10.0. The fraction of sp³-hybridized carbons (Fsp3) is 1.00. The Labute approximate surface area is 92.4 Å². The molecule has 0 amide bonds. The van der Waals surface area contributed by atoms with Gasteiger partial charge in [-0.15, -0.1) is 0 Å². The van der Waals surface area contributed by atoms with Crippen molar-refractivity contribution in [3.05, 3.63) is 0 Å². The fourth-order valence-electron chi connectivity index (χ4n) is 2.50. The largest absolute Gasteiger partial charge is 0.386 e. The highest BCUT2D eigenvalue weighted by molar-refractivity contribution is 4.95. The van der Waals surface area contributed by atoms with E-state index >= 15 is 0 Å².